The number of likely N-dealkylation sites (tertiary alicyclic amines) is 1. The van der Waals surface area contributed by atoms with Gasteiger partial charge in [-0.2, -0.15) is 0 Å². The normalized spacial score (nSPS) is 16.0. The number of hydrogen-bond donors (Lipinski definition) is 1. The lowest BCUT2D eigenvalue weighted by atomic mass is 9.93. The van der Waals surface area contributed by atoms with Crippen LogP contribution >= 0.6 is 0 Å². The number of aromatic nitrogens is 1. The van der Waals surface area contributed by atoms with Crippen LogP contribution in [0, 0.1) is 0 Å². The highest BCUT2D eigenvalue weighted by molar-refractivity contribution is 5.93. The zero-order chi connectivity index (χ0) is 21.6. The number of nitrogens with two attached hydrogens (primary N) is 1. The second kappa shape index (κ2) is 9.43. The van der Waals surface area contributed by atoms with Gasteiger partial charge in [-0.3, -0.25) is 14.6 Å². The molecular formula is C25H25N3O3. The molecule has 0 saturated carbocycles. The molecule has 1 saturated heterocycles. The SMILES string of the molecule is NC(=O)c1ccc(-c2cccc([C@@H]3CCCN(C(=O)COc4ccccc4)C3)n2)cc1. The van der Waals surface area contributed by atoms with Crippen LogP contribution in [0.5, 0.6) is 5.75 Å². The molecule has 0 unspecified atom stereocenters. The minimum absolute atomic E-state index is 0.00764. The van der Waals surface area contributed by atoms with E-state index in [1.807, 2.05) is 65.6 Å². The van der Waals surface area contributed by atoms with E-state index in [1.165, 1.54) is 0 Å². The number of rotatable bonds is 6. The summed E-state index contributed by atoms with van der Waals surface area (Å²) in [6.45, 7) is 1.41. The smallest absolute Gasteiger partial charge is 0.260 e. The lowest BCUT2D eigenvalue weighted by molar-refractivity contribution is -0.134. The predicted octanol–water partition coefficient (Wildman–Crippen LogP) is 3.63. The minimum Gasteiger partial charge on any atom is -0.484 e. The molecule has 0 bridgehead atoms. The van der Waals surface area contributed by atoms with E-state index in [1.54, 1.807) is 12.1 Å². The van der Waals surface area contributed by atoms with Crippen LogP contribution in [-0.2, 0) is 4.79 Å². The Bertz CT molecular complexity index is 1050. The lowest BCUT2D eigenvalue weighted by Gasteiger charge is -2.32. The summed E-state index contributed by atoms with van der Waals surface area (Å²) < 4.78 is 5.63. The van der Waals surface area contributed by atoms with Crippen LogP contribution in [0.3, 0.4) is 0 Å². The number of carbonyl (C=O) groups is 2. The standard InChI is InChI=1S/C25H25N3O3/c26-25(30)19-13-11-18(12-14-19)22-9-4-10-23(27-22)20-6-5-15-28(16-20)24(29)17-31-21-7-2-1-3-8-21/h1-4,7-14,20H,5-6,15-17H2,(H2,26,30)/t20-/m1/s1. The summed E-state index contributed by atoms with van der Waals surface area (Å²) >= 11 is 0. The maximum Gasteiger partial charge on any atom is 0.260 e. The summed E-state index contributed by atoms with van der Waals surface area (Å²) in [5.74, 6) is 0.420. The average Bonchev–Trinajstić information content (AvgIpc) is 2.83. The summed E-state index contributed by atoms with van der Waals surface area (Å²) in [5, 5.41) is 0. The van der Waals surface area contributed by atoms with Crippen molar-refractivity contribution in [3.8, 4) is 17.0 Å². The number of hydrogen-bond acceptors (Lipinski definition) is 4. The molecule has 1 fully saturated rings. The van der Waals surface area contributed by atoms with Gasteiger partial charge in [0.25, 0.3) is 5.91 Å². The molecule has 2 amide bonds. The Hall–Kier alpha value is -3.67. The maximum atomic E-state index is 12.7. The van der Waals surface area contributed by atoms with Gasteiger partial charge in [0.05, 0.1) is 5.69 Å². The first-order chi connectivity index (χ1) is 15.1. The number of primary amides is 1. The number of para-hydroxylation sites is 1. The average molecular weight is 415 g/mol. The van der Waals surface area contributed by atoms with Gasteiger partial charge in [0, 0.05) is 35.8 Å². The van der Waals surface area contributed by atoms with E-state index in [0.717, 1.165) is 36.3 Å². The summed E-state index contributed by atoms with van der Waals surface area (Å²) in [5.41, 5.74) is 8.52. The van der Waals surface area contributed by atoms with Crippen molar-refractivity contribution in [3.05, 3.63) is 84.1 Å². The molecule has 6 nitrogen and oxygen atoms in total. The highest BCUT2D eigenvalue weighted by Crippen LogP contribution is 2.28. The van der Waals surface area contributed by atoms with Crippen molar-refractivity contribution in [3.63, 3.8) is 0 Å². The highest BCUT2D eigenvalue weighted by atomic mass is 16.5. The second-order valence-corrected chi connectivity index (χ2v) is 7.67. The summed E-state index contributed by atoms with van der Waals surface area (Å²) in [7, 11) is 0. The van der Waals surface area contributed by atoms with E-state index in [2.05, 4.69) is 0 Å². The molecule has 1 atom stereocenters. The van der Waals surface area contributed by atoms with Crippen molar-refractivity contribution >= 4 is 11.8 Å². The third kappa shape index (κ3) is 5.09. The number of ether oxygens (including phenoxy) is 1. The molecule has 0 aliphatic carbocycles. The highest BCUT2D eigenvalue weighted by Gasteiger charge is 2.26. The van der Waals surface area contributed by atoms with E-state index in [-0.39, 0.29) is 18.4 Å². The van der Waals surface area contributed by atoms with Crippen molar-refractivity contribution in [2.75, 3.05) is 19.7 Å². The van der Waals surface area contributed by atoms with Crippen molar-refractivity contribution in [2.45, 2.75) is 18.8 Å². The van der Waals surface area contributed by atoms with Crippen LogP contribution in [0.1, 0.15) is 34.8 Å². The fraction of sp³-hybridized carbons (Fsp3) is 0.240. The third-order valence-corrected chi connectivity index (χ3v) is 5.53. The molecule has 0 radical (unpaired) electrons. The van der Waals surface area contributed by atoms with Gasteiger partial charge >= 0.3 is 0 Å². The van der Waals surface area contributed by atoms with E-state index in [0.29, 0.717) is 17.9 Å². The van der Waals surface area contributed by atoms with Gasteiger partial charge < -0.3 is 15.4 Å². The van der Waals surface area contributed by atoms with Gasteiger partial charge in [-0.05, 0) is 49.2 Å². The third-order valence-electron chi connectivity index (χ3n) is 5.53. The molecule has 31 heavy (non-hydrogen) atoms. The van der Waals surface area contributed by atoms with Crippen molar-refractivity contribution in [2.24, 2.45) is 5.73 Å². The van der Waals surface area contributed by atoms with E-state index < -0.39 is 5.91 Å². The van der Waals surface area contributed by atoms with Crippen LogP contribution < -0.4 is 10.5 Å². The van der Waals surface area contributed by atoms with Crippen molar-refractivity contribution in [1.82, 2.24) is 9.88 Å². The van der Waals surface area contributed by atoms with E-state index >= 15 is 0 Å². The minimum atomic E-state index is -0.448. The van der Waals surface area contributed by atoms with Crippen LogP contribution in [0.15, 0.2) is 72.8 Å². The Morgan fingerprint density at radius 3 is 2.52 bits per heavy atom. The first kappa shape index (κ1) is 20.6. The van der Waals surface area contributed by atoms with Crippen molar-refractivity contribution in [1.29, 1.82) is 0 Å². The summed E-state index contributed by atoms with van der Waals surface area (Å²) in [4.78, 5) is 30.7. The number of piperidine rings is 1. The fourth-order valence-electron chi connectivity index (χ4n) is 3.84. The van der Waals surface area contributed by atoms with Crippen LogP contribution in [0.25, 0.3) is 11.3 Å². The number of carbonyl (C=O) groups excluding carboxylic acids is 2. The lowest BCUT2D eigenvalue weighted by Crippen LogP contribution is -2.41. The molecule has 158 valence electrons. The van der Waals surface area contributed by atoms with Crippen LogP contribution in [0.4, 0.5) is 0 Å². The molecule has 1 aliphatic heterocycles. The zero-order valence-corrected chi connectivity index (χ0v) is 17.2. The number of pyridine rings is 1. The molecule has 3 aromatic rings. The van der Waals surface area contributed by atoms with Crippen LogP contribution in [0.2, 0.25) is 0 Å². The van der Waals surface area contributed by atoms with E-state index in [4.69, 9.17) is 15.5 Å². The van der Waals surface area contributed by atoms with Crippen molar-refractivity contribution < 1.29 is 14.3 Å². The van der Waals surface area contributed by atoms with Gasteiger partial charge in [0.1, 0.15) is 5.75 Å². The molecule has 0 spiro atoms. The van der Waals surface area contributed by atoms with Gasteiger partial charge in [-0.1, -0.05) is 36.4 Å². The Labute approximate surface area is 181 Å². The summed E-state index contributed by atoms with van der Waals surface area (Å²) in [6, 6.07) is 22.4. The Morgan fingerprint density at radius 2 is 1.77 bits per heavy atom. The van der Waals surface area contributed by atoms with Gasteiger partial charge in [0.15, 0.2) is 6.61 Å². The first-order valence-electron chi connectivity index (χ1n) is 10.4. The molecule has 2 aromatic carbocycles. The van der Waals surface area contributed by atoms with Crippen LogP contribution in [-0.4, -0.2) is 41.4 Å². The number of benzene rings is 2. The molecular weight excluding hydrogens is 390 g/mol. The fourth-order valence-corrected chi connectivity index (χ4v) is 3.84. The Kier molecular flexibility index (Phi) is 6.26. The molecule has 6 heteroatoms. The first-order valence-corrected chi connectivity index (χ1v) is 10.4. The molecule has 1 aliphatic rings. The number of nitrogens with zero attached hydrogens (tertiary/aromatic N) is 2. The molecule has 4 rings (SSSR count). The topological polar surface area (TPSA) is 85.5 Å². The maximum absolute atomic E-state index is 12.7. The van der Waals surface area contributed by atoms with Gasteiger partial charge in [-0.25, -0.2) is 0 Å². The predicted molar refractivity (Wildman–Crippen MR) is 119 cm³/mol. The molecule has 2 heterocycles. The Morgan fingerprint density at radius 1 is 1.00 bits per heavy atom. The second-order valence-electron chi connectivity index (χ2n) is 7.67. The molecule has 2 N–H and O–H groups in total. The van der Waals surface area contributed by atoms with Gasteiger partial charge in [0.2, 0.25) is 5.91 Å². The van der Waals surface area contributed by atoms with E-state index in [9.17, 15) is 9.59 Å². The molecule has 1 aromatic heterocycles. The summed E-state index contributed by atoms with van der Waals surface area (Å²) in [6.07, 6.45) is 1.92. The largest absolute Gasteiger partial charge is 0.484 e. The zero-order valence-electron chi connectivity index (χ0n) is 17.2. The monoisotopic (exact) mass is 415 g/mol. The Balaban J connectivity index is 1.42. The quantitative estimate of drug-likeness (QED) is 0.666. The number of amides is 2. The van der Waals surface area contributed by atoms with Gasteiger partial charge in [-0.15, -0.1) is 0 Å².